The minimum atomic E-state index is -0.682. The van der Waals surface area contributed by atoms with Crippen LogP contribution in [0.5, 0.6) is 0 Å². The predicted octanol–water partition coefficient (Wildman–Crippen LogP) is 15.4. The molecule has 1 spiro atoms. The number of rotatable bonds is 5. The zero-order valence-corrected chi connectivity index (χ0v) is 37.3. The molecule has 0 aliphatic heterocycles. The first-order valence-corrected chi connectivity index (χ1v) is 23.6. The smallest absolute Gasteiger partial charge is 0.164 e. The summed E-state index contributed by atoms with van der Waals surface area (Å²) in [5, 5.41) is 4.90. The lowest BCUT2D eigenvalue weighted by Crippen LogP contribution is -2.26. The van der Waals surface area contributed by atoms with E-state index in [9.17, 15) is 0 Å². The third-order valence-electron chi connectivity index (χ3n) is 14.8. The highest BCUT2D eigenvalue weighted by atomic mass is 15.0. The summed E-state index contributed by atoms with van der Waals surface area (Å²) in [6.07, 6.45) is 0. The van der Waals surface area contributed by atoms with Crippen LogP contribution in [0.1, 0.15) is 22.3 Å². The molecule has 5 heteroatoms. The normalized spacial score (nSPS) is 13.0. The maximum atomic E-state index is 5.26. The number of aromatic nitrogens is 5. The largest absolute Gasteiger partial charge is 0.309 e. The van der Waals surface area contributed by atoms with E-state index in [2.05, 4.69) is 209 Å². The molecule has 0 N–H and O–H groups in total. The topological polar surface area (TPSA) is 48.5 Å². The Morgan fingerprint density at radius 1 is 0.261 bits per heavy atom. The highest BCUT2D eigenvalue weighted by Gasteiger charge is 2.52. The summed E-state index contributed by atoms with van der Waals surface area (Å²) in [4.78, 5) is 15.6. The van der Waals surface area contributed by atoms with Crippen molar-refractivity contribution in [2.45, 2.75) is 5.41 Å². The van der Waals surface area contributed by atoms with E-state index in [-0.39, 0.29) is 0 Å². The van der Waals surface area contributed by atoms with Gasteiger partial charge in [0.25, 0.3) is 0 Å². The van der Waals surface area contributed by atoms with Crippen LogP contribution in [0.4, 0.5) is 0 Å². The number of para-hydroxylation sites is 4. The molecule has 0 radical (unpaired) electrons. The molecule has 0 atom stereocenters. The first-order valence-electron chi connectivity index (χ1n) is 23.6. The minimum Gasteiger partial charge on any atom is -0.309 e. The Morgan fingerprint density at radius 3 is 1.19 bits per heavy atom. The number of fused-ring (bicyclic) bond motifs is 16. The van der Waals surface area contributed by atoms with Gasteiger partial charge < -0.3 is 9.13 Å². The first-order chi connectivity index (χ1) is 34.2. The second-order valence-corrected chi connectivity index (χ2v) is 18.3. The quantitative estimate of drug-likeness (QED) is 0.173. The fourth-order valence-electron chi connectivity index (χ4n) is 11.9. The Labute approximate surface area is 397 Å². The van der Waals surface area contributed by atoms with Gasteiger partial charge in [-0.3, -0.25) is 0 Å². The lowest BCUT2D eigenvalue weighted by Gasteiger charge is -2.31. The average molecular weight is 878 g/mol. The van der Waals surface area contributed by atoms with E-state index in [1.54, 1.807) is 0 Å². The third-order valence-corrected chi connectivity index (χ3v) is 14.8. The molecule has 5 nitrogen and oxygen atoms in total. The van der Waals surface area contributed by atoms with Gasteiger partial charge in [-0.25, -0.2) is 15.0 Å². The number of hydrogen-bond acceptors (Lipinski definition) is 3. The van der Waals surface area contributed by atoms with Gasteiger partial charge in [0.1, 0.15) is 0 Å². The van der Waals surface area contributed by atoms with E-state index in [0.29, 0.717) is 17.5 Å². The van der Waals surface area contributed by atoms with Crippen molar-refractivity contribution in [2.24, 2.45) is 0 Å². The molecule has 0 amide bonds. The Bertz CT molecular complexity index is 4010. The summed E-state index contributed by atoms with van der Waals surface area (Å²) in [6.45, 7) is 0. The van der Waals surface area contributed by atoms with E-state index in [4.69, 9.17) is 15.0 Å². The van der Waals surface area contributed by atoms with Crippen LogP contribution in [0.2, 0.25) is 0 Å². The molecule has 13 aromatic rings. The summed E-state index contributed by atoms with van der Waals surface area (Å²) in [7, 11) is 0. The van der Waals surface area contributed by atoms with Crippen LogP contribution in [0.15, 0.2) is 237 Å². The lowest BCUT2D eigenvalue weighted by molar-refractivity contribution is 0.796. The van der Waals surface area contributed by atoms with Gasteiger partial charge in [0, 0.05) is 49.6 Å². The number of nitrogens with zero attached hydrogens (tertiary/aromatic N) is 5. The summed E-state index contributed by atoms with van der Waals surface area (Å²) < 4.78 is 4.89. The minimum absolute atomic E-state index is 0.637. The molecule has 3 heterocycles. The molecule has 3 aromatic heterocycles. The zero-order chi connectivity index (χ0) is 45.2. The number of hydrogen-bond donors (Lipinski definition) is 0. The molecule has 0 unspecified atom stereocenters. The van der Waals surface area contributed by atoms with Crippen molar-refractivity contribution in [3.63, 3.8) is 0 Å². The maximum Gasteiger partial charge on any atom is 0.164 e. The Kier molecular flexibility index (Phi) is 7.93. The molecule has 2 aliphatic carbocycles. The SMILES string of the molecule is c1ccc(-c2nc(-c3ccccc3)nc(-c3ccc4c(c3)C3(c5ccccc5-4)c4cc5c6ccccc6n(-c6ccccc6)c5cc4-c4cc5c(cc43)c3ccccc3n5-c3ccccc3)n2)cc1. The van der Waals surface area contributed by atoms with E-state index >= 15 is 0 Å². The Hall–Kier alpha value is -9.19. The van der Waals surface area contributed by atoms with Gasteiger partial charge in [-0.1, -0.05) is 170 Å². The standard InChI is InChI=1S/C64H39N5/c1-5-19-40(20-6-1)61-65-62(41-21-7-2-8-22-41)67-63(66-61)42-33-34-46-45-27-13-16-30-53(45)64(54(46)35-42)55-36-51-47-28-14-17-31-57(47)68(43-23-9-3-10-24-43)59(51)38-49(55)50-39-60-52(37-56(50)64)48-29-15-18-32-58(48)69(60)44-25-11-4-12-26-44/h1-39H. The van der Waals surface area contributed by atoms with Crippen LogP contribution in [-0.4, -0.2) is 24.1 Å². The maximum absolute atomic E-state index is 5.26. The molecule has 0 fully saturated rings. The van der Waals surface area contributed by atoms with E-state index in [1.807, 2.05) is 36.4 Å². The lowest BCUT2D eigenvalue weighted by atomic mass is 9.70. The van der Waals surface area contributed by atoms with Gasteiger partial charge in [-0.05, 0) is 111 Å². The van der Waals surface area contributed by atoms with E-state index in [1.165, 1.54) is 88.1 Å². The van der Waals surface area contributed by atoms with Crippen molar-refractivity contribution in [1.82, 2.24) is 24.1 Å². The second-order valence-electron chi connectivity index (χ2n) is 18.3. The van der Waals surface area contributed by atoms with Gasteiger partial charge in [0.2, 0.25) is 0 Å². The molecule has 0 bridgehead atoms. The van der Waals surface area contributed by atoms with Gasteiger partial charge in [-0.15, -0.1) is 0 Å². The van der Waals surface area contributed by atoms with Gasteiger partial charge >= 0.3 is 0 Å². The van der Waals surface area contributed by atoms with Crippen LogP contribution < -0.4 is 0 Å². The average Bonchev–Trinajstić information content (AvgIpc) is 4.11. The Balaban J connectivity index is 1.08. The fourth-order valence-corrected chi connectivity index (χ4v) is 11.9. The van der Waals surface area contributed by atoms with Crippen LogP contribution in [0.25, 0.3) is 111 Å². The van der Waals surface area contributed by atoms with Crippen molar-refractivity contribution in [2.75, 3.05) is 0 Å². The van der Waals surface area contributed by atoms with E-state index in [0.717, 1.165) is 28.1 Å². The summed E-state index contributed by atoms with van der Waals surface area (Å²) in [6, 6.07) is 85.8. The third kappa shape index (κ3) is 5.32. The fraction of sp³-hybridized carbons (Fsp3) is 0.0156. The van der Waals surface area contributed by atoms with Crippen molar-refractivity contribution in [3.8, 4) is 67.8 Å². The summed E-state index contributed by atoms with van der Waals surface area (Å²) in [5.41, 5.74) is 19.1. The van der Waals surface area contributed by atoms with Crippen molar-refractivity contribution in [1.29, 1.82) is 0 Å². The van der Waals surface area contributed by atoms with E-state index < -0.39 is 5.41 Å². The molecule has 15 rings (SSSR count). The molecular formula is C64H39N5. The van der Waals surface area contributed by atoms with Crippen molar-refractivity contribution < 1.29 is 0 Å². The van der Waals surface area contributed by atoms with Crippen LogP contribution in [-0.2, 0) is 5.41 Å². The molecule has 10 aromatic carbocycles. The predicted molar refractivity (Wildman–Crippen MR) is 281 cm³/mol. The Morgan fingerprint density at radius 2 is 0.667 bits per heavy atom. The number of benzene rings is 10. The van der Waals surface area contributed by atoms with Gasteiger partial charge in [-0.2, -0.15) is 0 Å². The molecule has 0 saturated carbocycles. The van der Waals surface area contributed by atoms with Crippen LogP contribution >= 0.6 is 0 Å². The molecular weight excluding hydrogens is 839 g/mol. The molecule has 320 valence electrons. The zero-order valence-electron chi connectivity index (χ0n) is 37.3. The first kappa shape index (κ1) is 38.0. The summed E-state index contributed by atoms with van der Waals surface area (Å²) in [5.74, 6) is 1.92. The molecule has 0 saturated heterocycles. The summed E-state index contributed by atoms with van der Waals surface area (Å²) >= 11 is 0. The molecule has 69 heavy (non-hydrogen) atoms. The second kappa shape index (κ2) is 14.4. The van der Waals surface area contributed by atoms with Crippen LogP contribution in [0, 0.1) is 0 Å². The van der Waals surface area contributed by atoms with Crippen LogP contribution in [0.3, 0.4) is 0 Å². The highest BCUT2D eigenvalue weighted by molar-refractivity contribution is 6.15. The van der Waals surface area contributed by atoms with Gasteiger partial charge in [0.15, 0.2) is 17.5 Å². The van der Waals surface area contributed by atoms with Crippen molar-refractivity contribution >= 4 is 43.6 Å². The monoisotopic (exact) mass is 877 g/mol. The van der Waals surface area contributed by atoms with Gasteiger partial charge in [0.05, 0.1) is 27.5 Å². The highest BCUT2D eigenvalue weighted by Crippen LogP contribution is 2.64. The van der Waals surface area contributed by atoms with Crippen molar-refractivity contribution in [3.05, 3.63) is 259 Å². The molecule has 2 aliphatic rings.